The molecular weight excluding hydrogens is 238 g/mol. The molecule has 0 bridgehead atoms. The normalized spacial score (nSPS) is 23.2. The van der Waals surface area contributed by atoms with Crippen molar-refractivity contribution in [3.05, 3.63) is 35.4 Å². The van der Waals surface area contributed by atoms with E-state index in [1.165, 1.54) is 11.1 Å². The second-order valence-electron chi connectivity index (χ2n) is 6.02. The number of amides is 1. The van der Waals surface area contributed by atoms with E-state index in [1.807, 2.05) is 13.8 Å². The molecule has 1 heterocycles. The molecule has 0 saturated carbocycles. The summed E-state index contributed by atoms with van der Waals surface area (Å²) < 4.78 is 0. The largest absolute Gasteiger partial charge is 0.349 e. The molecule has 1 aliphatic rings. The SMILES string of the molecule is Cc1ccc(CN2CC(C)(C)NC(=O)C2CN)cc1. The number of aryl methyl sites for hydroxylation is 1. The van der Waals surface area contributed by atoms with E-state index in [4.69, 9.17) is 5.73 Å². The smallest absolute Gasteiger partial charge is 0.239 e. The van der Waals surface area contributed by atoms with Gasteiger partial charge >= 0.3 is 0 Å². The first-order valence-corrected chi connectivity index (χ1v) is 6.73. The molecule has 19 heavy (non-hydrogen) atoms. The van der Waals surface area contributed by atoms with E-state index in [2.05, 4.69) is 41.4 Å². The number of hydrogen-bond acceptors (Lipinski definition) is 3. The first-order valence-electron chi connectivity index (χ1n) is 6.73. The summed E-state index contributed by atoms with van der Waals surface area (Å²) >= 11 is 0. The lowest BCUT2D eigenvalue weighted by Gasteiger charge is -2.43. The number of nitrogens with zero attached hydrogens (tertiary/aromatic N) is 1. The maximum atomic E-state index is 12.1. The summed E-state index contributed by atoms with van der Waals surface area (Å²) in [5.74, 6) is 0.0332. The Kier molecular flexibility index (Phi) is 3.92. The number of carbonyl (C=O) groups is 1. The minimum absolute atomic E-state index is 0.0332. The van der Waals surface area contributed by atoms with Gasteiger partial charge in [0.05, 0.1) is 0 Å². The van der Waals surface area contributed by atoms with Crippen LogP contribution < -0.4 is 11.1 Å². The van der Waals surface area contributed by atoms with E-state index in [0.717, 1.165) is 13.1 Å². The highest BCUT2D eigenvalue weighted by Crippen LogP contribution is 2.18. The topological polar surface area (TPSA) is 58.4 Å². The van der Waals surface area contributed by atoms with Crippen molar-refractivity contribution < 1.29 is 4.79 Å². The van der Waals surface area contributed by atoms with Crippen LogP contribution in [0.25, 0.3) is 0 Å². The first kappa shape index (κ1) is 14.0. The number of benzene rings is 1. The van der Waals surface area contributed by atoms with Crippen LogP contribution in [0.5, 0.6) is 0 Å². The molecule has 1 amide bonds. The summed E-state index contributed by atoms with van der Waals surface area (Å²) in [5, 5.41) is 3.02. The van der Waals surface area contributed by atoms with Crippen LogP contribution in [0.2, 0.25) is 0 Å². The van der Waals surface area contributed by atoms with E-state index < -0.39 is 0 Å². The maximum absolute atomic E-state index is 12.1. The summed E-state index contributed by atoms with van der Waals surface area (Å²) in [6.07, 6.45) is 0. The standard InChI is InChI=1S/C15H23N3O/c1-11-4-6-12(7-5-11)9-18-10-15(2,3)17-14(19)13(18)8-16/h4-7,13H,8-10,16H2,1-3H3,(H,17,19). The minimum atomic E-state index is -0.227. The summed E-state index contributed by atoms with van der Waals surface area (Å²) in [5.41, 5.74) is 8.01. The average Bonchev–Trinajstić information content (AvgIpc) is 2.30. The maximum Gasteiger partial charge on any atom is 0.239 e. The molecule has 1 unspecified atom stereocenters. The van der Waals surface area contributed by atoms with Crippen molar-refractivity contribution in [1.82, 2.24) is 10.2 Å². The Balaban J connectivity index is 2.15. The van der Waals surface area contributed by atoms with Gasteiger partial charge in [-0.15, -0.1) is 0 Å². The Morgan fingerprint density at radius 3 is 2.58 bits per heavy atom. The number of rotatable bonds is 3. The lowest BCUT2D eigenvalue weighted by molar-refractivity contribution is -0.132. The van der Waals surface area contributed by atoms with Crippen molar-refractivity contribution in [2.45, 2.75) is 38.9 Å². The van der Waals surface area contributed by atoms with Gasteiger partial charge in [0.1, 0.15) is 6.04 Å². The molecule has 1 fully saturated rings. The lowest BCUT2D eigenvalue weighted by Crippen LogP contribution is -2.66. The Labute approximate surface area is 115 Å². The molecule has 0 aliphatic carbocycles. The summed E-state index contributed by atoms with van der Waals surface area (Å²) in [6, 6.07) is 8.20. The Bertz CT molecular complexity index is 453. The molecule has 1 atom stereocenters. The minimum Gasteiger partial charge on any atom is -0.349 e. The predicted molar refractivity (Wildman–Crippen MR) is 76.7 cm³/mol. The van der Waals surface area contributed by atoms with Crippen LogP contribution in [0.4, 0.5) is 0 Å². The van der Waals surface area contributed by atoms with Gasteiger partial charge < -0.3 is 11.1 Å². The van der Waals surface area contributed by atoms with Crippen LogP contribution in [0.3, 0.4) is 0 Å². The average molecular weight is 261 g/mol. The number of nitrogens with one attached hydrogen (secondary N) is 1. The third-order valence-electron chi connectivity index (χ3n) is 3.53. The molecular formula is C15H23N3O. The molecule has 0 spiro atoms. The highest BCUT2D eigenvalue weighted by atomic mass is 16.2. The Hall–Kier alpha value is -1.39. The van der Waals surface area contributed by atoms with Crippen LogP contribution in [-0.4, -0.2) is 35.5 Å². The third-order valence-corrected chi connectivity index (χ3v) is 3.53. The van der Waals surface area contributed by atoms with Gasteiger partial charge in [-0.05, 0) is 26.3 Å². The molecule has 3 N–H and O–H groups in total. The van der Waals surface area contributed by atoms with Crippen molar-refractivity contribution in [1.29, 1.82) is 0 Å². The molecule has 0 aromatic heterocycles. The lowest BCUT2D eigenvalue weighted by atomic mass is 9.97. The number of hydrogen-bond donors (Lipinski definition) is 2. The zero-order valence-electron chi connectivity index (χ0n) is 11.9. The predicted octanol–water partition coefficient (Wildman–Crippen LogP) is 1.03. The molecule has 1 saturated heterocycles. The fourth-order valence-electron chi connectivity index (χ4n) is 2.59. The molecule has 0 radical (unpaired) electrons. The summed E-state index contributed by atoms with van der Waals surface area (Å²) in [6.45, 7) is 8.09. The fraction of sp³-hybridized carbons (Fsp3) is 0.533. The fourth-order valence-corrected chi connectivity index (χ4v) is 2.59. The van der Waals surface area contributed by atoms with E-state index >= 15 is 0 Å². The van der Waals surface area contributed by atoms with Gasteiger partial charge in [-0.2, -0.15) is 0 Å². The van der Waals surface area contributed by atoms with Gasteiger partial charge in [0, 0.05) is 25.2 Å². The zero-order valence-corrected chi connectivity index (χ0v) is 11.9. The molecule has 4 nitrogen and oxygen atoms in total. The molecule has 1 aromatic rings. The van der Waals surface area contributed by atoms with Gasteiger partial charge in [-0.3, -0.25) is 9.69 Å². The Morgan fingerprint density at radius 2 is 2.00 bits per heavy atom. The zero-order chi connectivity index (χ0) is 14.0. The van der Waals surface area contributed by atoms with Gasteiger partial charge in [-0.25, -0.2) is 0 Å². The van der Waals surface area contributed by atoms with E-state index in [-0.39, 0.29) is 17.5 Å². The van der Waals surface area contributed by atoms with E-state index in [9.17, 15) is 4.79 Å². The first-order chi connectivity index (χ1) is 8.91. The molecule has 2 rings (SSSR count). The Morgan fingerprint density at radius 1 is 1.37 bits per heavy atom. The quantitative estimate of drug-likeness (QED) is 0.854. The van der Waals surface area contributed by atoms with Crippen LogP contribution in [0.1, 0.15) is 25.0 Å². The van der Waals surface area contributed by atoms with Crippen LogP contribution in [0.15, 0.2) is 24.3 Å². The molecule has 1 aliphatic heterocycles. The van der Waals surface area contributed by atoms with Crippen molar-refractivity contribution in [2.24, 2.45) is 5.73 Å². The number of carbonyl (C=O) groups excluding carboxylic acids is 1. The van der Waals surface area contributed by atoms with Crippen molar-refractivity contribution in [2.75, 3.05) is 13.1 Å². The van der Waals surface area contributed by atoms with Crippen LogP contribution in [0, 0.1) is 6.92 Å². The summed E-state index contributed by atoms with van der Waals surface area (Å²) in [7, 11) is 0. The van der Waals surface area contributed by atoms with E-state index in [1.54, 1.807) is 0 Å². The van der Waals surface area contributed by atoms with E-state index in [0.29, 0.717) is 6.54 Å². The van der Waals surface area contributed by atoms with Crippen LogP contribution >= 0.6 is 0 Å². The summed E-state index contributed by atoms with van der Waals surface area (Å²) in [4.78, 5) is 14.2. The van der Waals surface area contributed by atoms with Gasteiger partial charge in [0.25, 0.3) is 0 Å². The van der Waals surface area contributed by atoms with Gasteiger partial charge in [0.2, 0.25) is 5.91 Å². The van der Waals surface area contributed by atoms with Crippen molar-refractivity contribution in [3.8, 4) is 0 Å². The second kappa shape index (κ2) is 5.31. The highest BCUT2D eigenvalue weighted by molar-refractivity contribution is 5.83. The highest BCUT2D eigenvalue weighted by Gasteiger charge is 2.37. The third kappa shape index (κ3) is 3.33. The number of nitrogens with two attached hydrogens (primary N) is 1. The van der Waals surface area contributed by atoms with Gasteiger partial charge in [-0.1, -0.05) is 29.8 Å². The van der Waals surface area contributed by atoms with Crippen LogP contribution in [-0.2, 0) is 11.3 Å². The molecule has 1 aromatic carbocycles. The monoisotopic (exact) mass is 261 g/mol. The van der Waals surface area contributed by atoms with Crippen molar-refractivity contribution in [3.63, 3.8) is 0 Å². The molecule has 4 heteroatoms. The second-order valence-corrected chi connectivity index (χ2v) is 6.02. The van der Waals surface area contributed by atoms with Crippen molar-refractivity contribution >= 4 is 5.91 Å². The molecule has 104 valence electrons. The van der Waals surface area contributed by atoms with Gasteiger partial charge in [0.15, 0.2) is 0 Å². The number of piperazine rings is 1.